The molecule has 0 N–H and O–H groups in total. The Bertz CT molecular complexity index is 732. The Morgan fingerprint density at radius 3 is 2.19 bits per heavy atom. The Labute approximate surface area is 125 Å². The molecule has 0 saturated heterocycles. The maximum Gasteiger partial charge on any atom is 0.239 e. The molecule has 0 aromatic heterocycles. The predicted molar refractivity (Wildman–Crippen MR) is 83.2 cm³/mol. The lowest BCUT2D eigenvalue weighted by atomic mass is 10.2. The third-order valence-electron chi connectivity index (χ3n) is 3.10. The summed E-state index contributed by atoms with van der Waals surface area (Å²) in [6, 6.07) is 17.7. The summed E-state index contributed by atoms with van der Waals surface area (Å²) in [4.78, 5) is 0. The summed E-state index contributed by atoms with van der Waals surface area (Å²) in [5.41, 5.74) is 1.85. The second-order valence-electron chi connectivity index (χ2n) is 4.57. The fourth-order valence-electron chi connectivity index (χ4n) is 2.10. The van der Waals surface area contributed by atoms with Crippen molar-refractivity contribution in [3.63, 3.8) is 0 Å². The van der Waals surface area contributed by atoms with Gasteiger partial charge < -0.3 is 0 Å². The standard InChI is InChI=1S/C16H16N2O2S/c1-2-18(16-6-4-3-5-7-16)21(19,20)13-15-10-8-14(12-17)9-11-15/h3-11H,2,13H2,1H3. The van der Waals surface area contributed by atoms with E-state index < -0.39 is 10.0 Å². The van der Waals surface area contributed by atoms with Crippen molar-refractivity contribution in [3.8, 4) is 6.07 Å². The molecule has 21 heavy (non-hydrogen) atoms. The smallest absolute Gasteiger partial charge is 0.239 e. The number of sulfonamides is 1. The molecule has 2 aromatic carbocycles. The number of benzene rings is 2. The molecule has 0 aliphatic heterocycles. The number of nitrogens with zero attached hydrogens (tertiary/aromatic N) is 2. The molecule has 2 aromatic rings. The van der Waals surface area contributed by atoms with Gasteiger partial charge in [-0.15, -0.1) is 0 Å². The van der Waals surface area contributed by atoms with Crippen molar-refractivity contribution in [1.82, 2.24) is 0 Å². The maximum atomic E-state index is 12.5. The Hall–Kier alpha value is -2.32. The largest absolute Gasteiger partial charge is 0.270 e. The highest BCUT2D eigenvalue weighted by molar-refractivity contribution is 7.92. The molecule has 0 aliphatic rings. The van der Waals surface area contributed by atoms with Crippen LogP contribution in [0.25, 0.3) is 0 Å². The van der Waals surface area contributed by atoms with Crippen LogP contribution in [-0.2, 0) is 15.8 Å². The number of nitriles is 1. The summed E-state index contributed by atoms with van der Waals surface area (Å²) in [7, 11) is -3.45. The lowest BCUT2D eigenvalue weighted by molar-refractivity contribution is 0.591. The molecule has 0 radical (unpaired) electrons. The van der Waals surface area contributed by atoms with Gasteiger partial charge >= 0.3 is 0 Å². The highest BCUT2D eigenvalue weighted by Gasteiger charge is 2.21. The van der Waals surface area contributed by atoms with E-state index >= 15 is 0 Å². The number of anilines is 1. The summed E-state index contributed by atoms with van der Waals surface area (Å²) in [5, 5.41) is 8.76. The van der Waals surface area contributed by atoms with E-state index in [4.69, 9.17) is 5.26 Å². The molecular formula is C16H16N2O2S. The van der Waals surface area contributed by atoms with Gasteiger partial charge in [0, 0.05) is 6.54 Å². The molecule has 0 amide bonds. The molecule has 0 aliphatic carbocycles. The molecule has 4 nitrogen and oxygen atoms in total. The molecule has 0 atom stereocenters. The van der Waals surface area contributed by atoms with E-state index in [1.165, 1.54) is 4.31 Å². The van der Waals surface area contributed by atoms with Crippen molar-refractivity contribution in [2.24, 2.45) is 0 Å². The molecule has 0 spiro atoms. The number of rotatable bonds is 5. The molecule has 0 heterocycles. The third-order valence-corrected chi connectivity index (χ3v) is 4.94. The zero-order chi connectivity index (χ0) is 15.3. The van der Waals surface area contributed by atoms with Gasteiger partial charge in [-0.2, -0.15) is 5.26 Å². The van der Waals surface area contributed by atoms with Crippen LogP contribution >= 0.6 is 0 Å². The topological polar surface area (TPSA) is 61.2 Å². The van der Waals surface area contributed by atoms with E-state index in [1.54, 1.807) is 36.4 Å². The average Bonchev–Trinajstić information content (AvgIpc) is 2.49. The summed E-state index contributed by atoms with van der Waals surface area (Å²) >= 11 is 0. The number of hydrogen-bond donors (Lipinski definition) is 0. The van der Waals surface area contributed by atoms with E-state index in [1.807, 2.05) is 31.2 Å². The highest BCUT2D eigenvalue weighted by Crippen LogP contribution is 2.20. The third kappa shape index (κ3) is 3.61. The van der Waals surface area contributed by atoms with Crippen molar-refractivity contribution >= 4 is 15.7 Å². The first kappa shape index (κ1) is 15.1. The summed E-state index contributed by atoms with van der Waals surface area (Å²) in [6.45, 7) is 2.19. The Morgan fingerprint density at radius 2 is 1.67 bits per heavy atom. The van der Waals surface area contributed by atoms with Gasteiger partial charge in [0.1, 0.15) is 0 Å². The van der Waals surface area contributed by atoms with E-state index in [0.717, 1.165) is 0 Å². The number of para-hydroxylation sites is 1. The molecule has 0 saturated carbocycles. The molecular weight excluding hydrogens is 284 g/mol. The van der Waals surface area contributed by atoms with Gasteiger partial charge in [-0.05, 0) is 36.8 Å². The minimum Gasteiger partial charge on any atom is -0.270 e. The van der Waals surface area contributed by atoms with Crippen LogP contribution in [0.3, 0.4) is 0 Å². The van der Waals surface area contributed by atoms with Crippen LogP contribution in [0, 0.1) is 11.3 Å². The fraction of sp³-hybridized carbons (Fsp3) is 0.188. The summed E-state index contributed by atoms with van der Waals surface area (Å²) < 4.78 is 26.5. The van der Waals surface area contributed by atoms with Crippen LogP contribution in [0.15, 0.2) is 54.6 Å². The maximum absolute atomic E-state index is 12.5. The first-order valence-electron chi connectivity index (χ1n) is 6.61. The first-order valence-corrected chi connectivity index (χ1v) is 8.22. The van der Waals surface area contributed by atoms with Crippen LogP contribution < -0.4 is 4.31 Å². The molecule has 2 rings (SSSR count). The molecule has 0 unspecified atom stereocenters. The Balaban J connectivity index is 2.26. The van der Waals surface area contributed by atoms with Crippen LogP contribution in [0.2, 0.25) is 0 Å². The Kier molecular flexibility index (Phi) is 4.61. The van der Waals surface area contributed by atoms with E-state index in [0.29, 0.717) is 23.4 Å². The second kappa shape index (κ2) is 6.42. The van der Waals surface area contributed by atoms with Crippen molar-refractivity contribution in [1.29, 1.82) is 5.26 Å². The van der Waals surface area contributed by atoms with Gasteiger partial charge in [-0.1, -0.05) is 30.3 Å². The van der Waals surface area contributed by atoms with E-state index in [-0.39, 0.29) is 5.75 Å². The summed E-state index contributed by atoms with van der Waals surface area (Å²) in [5.74, 6) is -0.0819. The lowest BCUT2D eigenvalue weighted by Crippen LogP contribution is -2.31. The monoisotopic (exact) mass is 300 g/mol. The van der Waals surface area contributed by atoms with Crippen LogP contribution in [0.1, 0.15) is 18.1 Å². The number of hydrogen-bond acceptors (Lipinski definition) is 3. The minimum absolute atomic E-state index is 0.0819. The lowest BCUT2D eigenvalue weighted by Gasteiger charge is -2.22. The fourth-order valence-corrected chi connectivity index (χ4v) is 3.70. The van der Waals surface area contributed by atoms with Crippen LogP contribution in [0.4, 0.5) is 5.69 Å². The van der Waals surface area contributed by atoms with Crippen molar-refractivity contribution in [2.45, 2.75) is 12.7 Å². The zero-order valence-corrected chi connectivity index (χ0v) is 12.5. The van der Waals surface area contributed by atoms with E-state index in [2.05, 4.69) is 0 Å². The van der Waals surface area contributed by atoms with Crippen molar-refractivity contribution < 1.29 is 8.42 Å². The van der Waals surface area contributed by atoms with Gasteiger partial charge in [-0.25, -0.2) is 8.42 Å². The molecule has 0 bridgehead atoms. The van der Waals surface area contributed by atoms with Gasteiger partial charge in [0.15, 0.2) is 0 Å². The average molecular weight is 300 g/mol. The van der Waals surface area contributed by atoms with Crippen molar-refractivity contribution in [2.75, 3.05) is 10.8 Å². The quantitative estimate of drug-likeness (QED) is 0.853. The van der Waals surface area contributed by atoms with Gasteiger partial charge in [0.05, 0.1) is 23.1 Å². The predicted octanol–water partition coefficient (Wildman–Crippen LogP) is 2.91. The Morgan fingerprint density at radius 1 is 1.05 bits per heavy atom. The SMILES string of the molecule is CCN(c1ccccc1)S(=O)(=O)Cc1ccc(C#N)cc1. The zero-order valence-electron chi connectivity index (χ0n) is 11.7. The molecule has 5 heteroatoms. The van der Waals surface area contributed by atoms with Crippen LogP contribution in [-0.4, -0.2) is 15.0 Å². The second-order valence-corrected chi connectivity index (χ2v) is 6.46. The van der Waals surface area contributed by atoms with Crippen LogP contribution in [0.5, 0.6) is 0 Å². The molecule has 108 valence electrons. The van der Waals surface area contributed by atoms with Crippen molar-refractivity contribution in [3.05, 3.63) is 65.7 Å². The van der Waals surface area contributed by atoms with E-state index in [9.17, 15) is 8.42 Å². The minimum atomic E-state index is -3.45. The normalized spacial score (nSPS) is 10.9. The summed E-state index contributed by atoms with van der Waals surface area (Å²) in [6.07, 6.45) is 0. The van der Waals surface area contributed by atoms with Gasteiger partial charge in [0.2, 0.25) is 10.0 Å². The van der Waals surface area contributed by atoms with Gasteiger partial charge in [0.25, 0.3) is 0 Å². The van der Waals surface area contributed by atoms with Gasteiger partial charge in [-0.3, -0.25) is 4.31 Å². The first-order chi connectivity index (χ1) is 10.1. The highest BCUT2D eigenvalue weighted by atomic mass is 32.2. The molecule has 0 fully saturated rings.